The fourth-order valence-corrected chi connectivity index (χ4v) is 3.90. The first-order chi connectivity index (χ1) is 13.2. The van der Waals surface area contributed by atoms with Crippen molar-refractivity contribution in [3.8, 4) is 11.5 Å². The number of amides is 2. The molecule has 0 saturated carbocycles. The molecule has 3 aromatic rings. The standard InChI is InChI=1S/C19H18N4O3S/c24-17(21-15-6-1-4-13(10-15)18-22-20-12-26-18)14-5-2-8-23(11-14)19(25)16-7-3-9-27-16/h1,3-4,6-7,9-10,12,14H,2,5,8,11H2,(H,21,24)/t14-/m0/s1. The van der Waals surface area contributed by atoms with Gasteiger partial charge in [0.2, 0.25) is 18.2 Å². The van der Waals surface area contributed by atoms with Crippen molar-refractivity contribution in [2.24, 2.45) is 5.92 Å². The van der Waals surface area contributed by atoms with Crippen LogP contribution in [0.5, 0.6) is 0 Å². The van der Waals surface area contributed by atoms with Crippen LogP contribution in [0.15, 0.2) is 52.6 Å². The molecule has 1 fully saturated rings. The maximum Gasteiger partial charge on any atom is 0.263 e. The first-order valence-corrected chi connectivity index (χ1v) is 9.59. The molecule has 0 unspecified atom stereocenters. The first-order valence-electron chi connectivity index (χ1n) is 8.71. The monoisotopic (exact) mass is 382 g/mol. The van der Waals surface area contributed by atoms with Crippen molar-refractivity contribution in [2.45, 2.75) is 12.8 Å². The number of nitrogens with one attached hydrogen (secondary N) is 1. The van der Waals surface area contributed by atoms with E-state index in [9.17, 15) is 9.59 Å². The van der Waals surface area contributed by atoms with Crippen molar-refractivity contribution < 1.29 is 14.0 Å². The average Bonchev–Trinajstić information content (AvgIpc) is 3.42. The van der Waals surface area contributed by atoms with Gasteiger partial charge in [0.25, 0.3) is 5.91 Å². The number of hydrogen-bond acceptors (Lipinski definition) is 6. The van der Waals surface area contributed by atoms with Crippen molar-refractivity contribution >= 4 is 28.8 Å². The summed E-state index contributed by atoms with van der Waals surface area (Å²) < 4.78 is 5.19. The van der Waals surface area contributed by atoms with Crippen LogP contribution >= 0.6 is 11.3 Å². The number of carbonyl (C=O) groups excluding carboxylic acids is 2. The van der Waals surface area contributed by atoms with E-state index in [2.05, 4.69) is 15.5 Å². The van der Waals surface area contributed by atoms with Crippen LogP contribution in [0, 0.1) is 5.92 Å². The number of anilines is 1. The summed E-state index contributed by atoms with van der Waals surface area (Å²) in [4.78, 5) is 27.8. The normalized spacial score (nSPS) is 16.9. The summed E-state index contributed by atoms with van der Waals surface area (Å²) in [6, 6.07) is 11.0. The van der Waals surface area contributed by atoms with Gasteiger partial charge in [-0.1, -0.05) is 12.1 Å². The molecule has 7 nitrogen and oxygen atoms in total. The lowest BCUT2D eigenvalue weighted by molar-refractivity contribution is -0.121. The maximum absolute atomic E-state index is 12.7. The quantitative estimate of drug-likeness (QED) is 0.748. The van der Waals surface area contributed by atoms with Crippen molar-refractivity contribution in [1.82, 2.24) is 15.1 Å². The summed E-state index contributed by atoms with van der Waals surface area (Å²) in [7, 11) is 0. The molecule has 0 bridgehead atoms. The Morgan fingerprint density at radius 3 is 2.96 bits per heavy atom. The summed E-state index contributed by atoms with van der Waals surface area (Å²) in [6.07, 6.45) is 2.85. The average molecular weight is 382 g/mol. The molecule has 1 saturated heterocycles. The second-order valence-electron chi connectivity index (χ2n) is 6.38. The Kier molecular flexibility index (Phi) is 4.97. The summed E-state index contributed by atoms with van der Waals surface area (Å²) >= 11 is 1.43. The minimum absolute atomic E-state index is 0.000825. The Bertz CT molecular complexity index is 924. The molecular formula is C19H18N4O3S. The van der Waals surface area contributed by atoms with E-state index in [0.29, 0.717) is 29.5 Å². The molecule has 27 heavy (non-hydrogen) atoms. The van der Waals surface area contributed by atoms with Gasteiger partial charge in [-0.05, 0) is 42.5 Å². The molecule has 0 aliphatic carbocycles. The van der Waals surface area contributed by atoms with Gasteiger partial charge in [-0.25, -0.2) is 0 Å². The molecule has 1 aromatic carbocycles. The Morgan fingerprint density at radius 2 is 2.19 bits per heavy atom. The molecule has 138 valence electrons. The smallest absolute Gasteiger partial charge is 0.263 e. The first kappa shape index (κ1) is 17.4. The van der Waals surface area contributed by atoms with Crippen LogP contribution in [0.25, 0.3) is 11.5 Å². The third-order valence-corrected chi connectivity index (χ3v) is 5.41. The molecule has 4 rings (SSSR count). The van der Waals surface area contributed by atoms with E-state index < -0.39 is 0 Å². The van der Waals surface area contributed by atoms with E-state index in [1.165, 1.54) is 17.7 Å². The molecular weight excluding hydrogens is 364 g/mol. The van der Waals surface area contributed by atoms with Gasteiger partial charge >= 0.3 is 0 Å². The van der Waals surface area contributed by atoms with Crippen LogP contribution in [-0.2, 0) is 4.79 Å². The van der Waals surface area contributed by atoms with E-state index in [1.54, 1.807) is 11.0 Å². The zero-order chi connectivity index (χ0) is 18.6. The Morgan fingerprint density at radius 1 is 1.26 bits per heavy atom. The summed E-state index contributed by atoms with van der Waals surface area (Å²) in [5.74, 6) is 0.0912. The SMILES string of the molecule is O=C(Nc1cccc(-c2nnco2)c1)[C@H]1CCCN(C(=O)c2cccs2)C1. The van der Waals surface area contributed by atoms with Gasteiger partial charge in [0.05, 0.1) is 10.8 Å². The number of thiophene rings is 1. The number of nitrogens with zero attached hydrogens (tertiary/aromatic N) is 3. The highest BCUT2D eigenvalue weighted by atomic mass is 32.1. The fraction of sp³-hybridized carbons (Fsp3) is 0.263. The van der Waals surface area contributed by atoms with Crippen molar-refractivity contribution in [2.75, 3.05) is 18.4 Å². The van der Waals surface area contributed by atoms with Gasteiger partial charge < -0.3 is 14.6 Å². The fourth-order valence-electron chi connectivity index (χ4n) is 3.20. The van der Waals surface area contributed by atoms with Gasteiger partial charge in [-0.2, -0.15) is 0 Å². The number of likely N-dealkylation sites (tertiary alicyclic amines) is 1. The van der Waals surface area contributed by atoms with E-state index >= 15 is 0 Å². The van der Waals surface area contributed by atoms with Crippen molar-refractivity contribution in [1.29, 1.82) is 0 Å². The molecule has 0 spiro atoms. The lowest BCUT2D eigenvalue weighted by Crippen LogP contribution is -2.43. The highest BCUT2D eigenvalue weighted by Crippen LogP contribution is 2.24. The zero-order valence-electron chi connectivity index (χ0n) is 14.5. The molecule has 2 aromatic heterocycles. The van der Waals surface area contributed by atoms with Crippen LogP contribution in [-0.4, -0.2) is 40.0 Å². The lowest BCUT2D eigenvalue weighted by Gasteiger charge is -2.31. The highest BCUT2D eigenvalue weighted by molar-refractivity contribution is 7.12. The van der Waals surface area contributed by atoms with Gasteiger partial charge in [0.15, 0.2) is 0 Å². The third kappa shape index (κ3) is 3.90. The number of piperidine rings is 1. The Labute approximate surface area is 160 Å². The van der Waals surface area contributed by atoms with Gasteiger partial charge in [0, 0.05) is 24.3 Å². The molecule has 1 N–H and O–H groups in total. The Balaban J connectivity index is 1.42. The highest BCUT2D eigenvalue weighted by Gasteiger charge is 2.29. The van der Waals surface area contributed by atoms with Crippen LogP contribution in [0.1, 0.15) is 22.5 Å². The Hall–Kier alpha value is -3.00. The summed E-state index contributed by atoms with van der Waals surface area (Å²) in [5, 5.41) is 12.4. The van der Waals surface area contributed by atoms with Crippen LogP contribution in [0.3, 0.4) is 0 Å². The van der Waals surface area contributed by atoms with Gasteiger partial charge in [-0.15, -0.1) is 21.5 Å². The van der Waals surface area contributed by atoms with E-state index in [0.717, 1.165) is 18.4 Å². The van der Waals surface area contributed by atoms with E-state index in [-0.39, 0.29) is 17.7 Å². The predicted molar refractivity (Wildman–Crippen MR) is 101 cm³/mol. The number of carbonyl (C=O) groups is 2. The number of aromatic nitrogens is 2. The summed E-state index contributed by atoms with van der Waals surface area (Å²) in [5.41, 5.74) is 1.40. The predicted octanol–water partition coefficient (Wildman–Crippen LogP) is 3.29. The van der Waals surface area contributed by atoms with Gasteiger partial charge in [-0.3, -0.25) is 9.59 Å². The number of hydrogen-bond donors (Lipinski definition) is 1. The van der Waals surface area contributed by atoms with Crippen LogP contribution in [0.2, 0.25) is 0 Å². The number of rotatable bonds is 4. The second kappa shape index (κ2) is 7.71. The summed E-state index contributed by atoms with van der Waals surface area (Å²) in [6.45, 7) is 1.12. The molecule has 2 amide bonds. The topological polar surface area (TPSA) is 88.3 Å². The van der Waals surface area contributed by atoms with Crippen LogP contribution < -0.4 is 5.32 Å². The van der Waals surface area contributed by atoms with Crippen LogP contribution in [0.4, 0.5) is 5.69 Å². The largest absolute Gasteiger partial charge is 0.423 e. The molecule has 1 aliphatic rings. The van der Waals surface area contributed by atoms with Gasteiger partial charge in [0.1, 0.15) is 0 Å². The van der Waals surface area contributed by atoms with Crippen molar-refractivity contribution in [3.63, 3.8) is 0 Å². The molecule has 0 radical (unpaired) electrons. The minimum Gasteiger partial charge on any atom is -0.423 e. The molecule has 1 atom stereocenters. The van der Waals surface area contributed by atoms with E-state index in [4.69, 9.17) is 4.42 Å². The van der Waals surface area contributed by atoms with Crippen molar-refractivity contribution in [3.05, 3.63) is 53.0 Å². The molecule has 1 aliphatic heterocycles. The maximum atomic E-state index is 12.7. The molecule has 8 heteroatoms. The minimum atomic E-state index is -0.227. The zero-order valence-corrected chi connectivity index (χ0v) is 15.3. The second-order valence-corrected chi connectivity index (χ2v) is 7.33. The third-order valence-electron chi connectivity index (χ3n) is 4.55. The number of benzene rings is 1. The molecule has 3 heterocycles. The lowest BCUT2D eigenvalue weighted by atomic mass is 9.96. The van der Waals surface area contributed by atoms with E-state index in [1.807, 2.05) is 35.7 Å².